The minimum absolute atomic E-state index is 0. The molecule has 0 saturated carbocycles. The molecule has 0 bridgehead atoms. The minimum atomic E-state index is -0.329. The highest BCUT2D eigenvalue weighted by Crippen LogP contribution is 2.37. The molecular formula is C26H32BrN3O2. The van der Waals surface area contributed by atoms with Crippen molar-refractivity contribution in [2.45, 2.75) is 51.6 Å². The normalized spacial score (nSPS) is 20.1. The van der Waals surface area contributed by atoms with Gasteiger partial charge >= 0.3 is 0 Å². The van der Waals surface area contributed by atoms with Crippen molar-refractivity contribution in [2.75, 3.05) is 13.1 Å². The number of likely N-dealkylation sites (tertiary alicyclic amines) is 1. The van der Waals surface area contributed by atoms with Gasteiger partial charge in [0.15, 0.2) is 18.3 Å². The quantitative estimate of drug-likeness (QED) is 0.349. The van der Waals surface area contributed by atoms with E-state index in [1.807, 2.05) is 12.1 Å². The zero-order valence-corrected chi connectivity index (χ0v) is 20.5. The Morgan fingerprint density at radius 2 is 1.66 bits per heavy atom. The standard InChI is InChI=1S/C26H32N3O2.BrH/c1-26(2)24(19-21-11-13-23(14-12-21)29(30)31)25(27-16-7-4-8-17-27)15-18-28(26)20-22-9-5-3-6-10-22;/h3,5-6,9-15,18,24H,4,7-8,16-17,19-20H2,1-2H3;1H/q+1;/p-1. The van der Waals surface area contributed by atoms with Crippen LogP contribution in [-0.4, -0.2) is 39.2 Å². The smallest absolute Gasteiger partial charge is 0.269 e. The molecule has 1 saturated heterocycles. The third-order valence-corrected chi connectivity index (χ3v) is 6.88. The lowest BCUT2D eigenvalue weighted by Gasteiger charge is -2.42. The van der Waals surface area contributed by atoms with Gasteiger partial charge < -0.3 is 21.9 Å². The van der Waals surface area contributed by atoms with Crippen LogP contribution >= 0.6 is 0 Å². The van der Waals surface area contributed by atoms with Crippen LogP contribution < -0.4 is 17.0 Å². The molecule has 2 aliphatic heterocycles. The molecule has 0 aliphatic carbocycles. The first-order valence-corrected chi connectivity index (χ1v) is 11.3. The Morgan fingerprint density at radius 1 is 1.00 bits per heavy atom. The lowest BCUT2D eigenvalue weighted by Crippen LogP contribution is -3.00. The van der Waals surface area contributed by atoms with Crippen LogP contribution in [0.3, 0.4) is 0 Å². The van der Waals surface area contributed by atoms with Gasteiger partial charge in [-0.2, -0.15) is 0 Å². The molecular weight excluding hydrogens is 466 g/mol. The van der Waals surface area contributed by atoms with E-state index in [4.69, 9.17) is 0 Å². The lowest BCUT2D eigenvalue weighted by molar-refractivity contribution is -0.621. The van der Waals surface area contributed by atoms with E-state index in [9.17, 15) is 10.1 Å². The first kappa shape index (κ1) is 24.2. The largest absolute Gasteiger partial charge is 1.00 e. The summed E-state index contributed by atoms with van der Waals surface area (Å²) < 4.78 is 2.45. The van der Waals surface area contributed by atoms with Gasteiger partial charge in [-0.15, -0.1) is 0 Å². The molecule has 2 aromatic rings. The fourth-order valence-electron chi connectivity index (χ4n) is 4.89. The van der Waals surface area contributed by atoms with Crippen LogP contribution in [0.5, 0.6) is 0 Å². The Morgan fingerprint density at radius 3 is 2.28 bits per heavy atom. The molecule has 32 heavy (non-hydrogen) atoms. The van der Waals surface area contributed by atoms with Crippen molar-refractivity contribution in [1.29, 1.82) is 0 Å². The van der Waals surface area contributed by atoms with Gasteiger partial charge in [-0.3, -0.25) is 10.1 Å². The van der Waals surface area contributed by atoms with Crippen LogP contribution in [0.25, 0.3) is 0 Å². The van der Waals surface area contributed by atoms with Gasteiger partial charge in [0.2, 0.25) is 0 Å². The van der Waals surface area contributed by atoms with E-state index in [2.05, 4.69) is 65.9 Å². The third-order valence-electron chi connectivity index (χ3n) is 6.88. The average molecular weight is 498 g/mol. The molecule has 0 radical (unpaired) electrons. The summed E-state index contributed by atoms with van der Waals surface area (Å²) in [6, 6.07) is 17.7. The van der Waals surface area contributed by atoms with Crippen molar-refractivity contribution in [1.82, 2.24) is 4.90 Å². The Kier molecular flexibility index (Phi) is 7.88. The van der Waals surface area contributed by atoms with Crippen LogP contribution in [0, 0.1) is 16.0 Å². The molecule has 2 aromatic carbocycles. The Hall–Kier alpha value is -2.47. The van der Waals surface area contributed by atoms with E-state index in [1.54, 1.807) is 12.1 Å². The van der Waals surface area contributed by atoms with Crippen LogP contribution in [0.1, 0.15) is 44.2 Å². The molecule has 0 aromatic heterocycles. The summed E-state index contributed by atoms with van der Waals surface area (Å²) in [5.74, 6) is 0.306. The highest BCUT2D eigenvalue weighted by atomic mass is 79.9. The summed E-state index contributed by atoms with van der Waals surface area (Å²) in [6.45, 7) is 7.77. The van der Waals surface area contributed by atoms with Crippen molar-refractivity contribution in [3.63, 3.8) is 0 Å². The second kappa shape index (κ2) is 10.4. The van der Waals surface area contributed by atoms with Gasteiger partial charge in [0.1, 0.15) is 0 Å². The van der Waals surface area contributed by atoms with Crippen LogP contribution in [0.4, 0.5) is 5.69 Å². The maximum atomic E-state index is 11.1. The molecule has 4 rings (SSSR count). The molecule has 2 heterocycles. The maximum Gasteiger partial charge on any atom is 0.269 e. The van der Waals surface area contributed by atoms with E-state index < -0.39 is 0 Å². The number of non-ortho nitro benzene ring substituents is 1. The van der Waals surface area contributed by atoms with Gasteiger partial charge in [0.05, 0.1) is 10.8 Å². The molecule has 5 nitrogen and oxygen atoms in total. The zero-order valence-electron chi connectivity index (χ0n) is 18.9. The number of halogens is 1. The number of hydrogen-bond donors (Lipinski definition) is 0. The highest BCUT2D eigenvalue weighted by Gasteiger charge is 2.45. The predicted octanol–water partition coefficient (Wildman–Crippen LogP) is 2.20. The summed E-state index contributed by atoms with van der Waals surface area (Å²) in [5, 5.41) is 11.1. The fraction of sp³-hybridized carbons (Fsp3) is 0.423. The first-order valence-electron chi connectivity index (χ1n) is 11.3. The molecule has 6 heteroatoms. The Balaban J connectivity index is 0.00000289. The molecule has 0 spiro atoms. The van der Waals surface area contributed by atoms with Crippen molar-refractivity contribution in [3.8, 4) is 0 Å². The minimum Gasteiger partial charge on any atom is -1.00 e. The molecule has 2 aliphatic rings. The number of hydrogen-bond acceptors (Lipinski definition) is 3. The number of nitro benzene ring substituents is 1. The molecule has 1 unspecified atom stereocenters. The second-order valence-electron chi connectivity index (χ2n) is 9.24. The van der Waals surface area contributed by atoms with E-state index >= 15 is 0 Å². The summed E-state index contributed by atoms with van der Waals surface area (Å²) in [4.78, 5) is 13.3. The summed E-state index contributed by atoms with van der Waals surface area (Å²) in [5.41, 5.74) is 3.92. The summed E-state index contributed by atoms with van der Waals surface area (Å²) in [7, 11) is 0. The van der Waals surface area contributed by atoms with Crippen LogP contribution in [0.15, 0.2) is 66.4 Å². The van der Waals surface area contributed by atoms with E-state index in [-0.39, 0.29) is 33.1 Å². The maximum absolute atomic E-state index is 11.1. The second-order valence-corrected chi connectivity index (χ2v) is 9.24. The molecule has 170 valence electrons. The van der Waals surface area contributed by atoms with Gasteiger partial charge in [-0.25, -0.2) is 4.58 Å². The number of piperidine rings is 1. The predicted molar refractivity (Wildman–Crippen MR) is 124 cm³/mol. The Labute approximate surface area is 201 Å². The van der Waals surface area contributed by atoms with Crippen molar-refractivity contribution >= 4 is 11.9 Å². The summed E-state index contributed by atoms with van der Waals surface area (Å²) in [6.07, 6.45) is 9.25. The zero-order chi connectivity index (χ0) is 21.8. The molecule has 1 atom stereocenters. The number of nitrogens with zero attached hydrogens (tertiary/aromatic N) is 3. The van der Waals surface area contributed by atoms with Gasteiger partial charge in [0.25, 0.3) is 5.69 Å². The number of allylic oxidation sites excluding steroid dienone is 1. The fourth-order valence-corrected chi connectivity index (χ4v) is 4.89. The lowest BCUT2D eigenvalue weighted by atomic mass is 9.77. The monoisotopic (exact) mass is 497 g/mol. The van der Waals surface area contributed by atoms with Gasteiger partial charge in [0, 0.05) is 56.4 Å². The molecule has 0 amide bonds. The van der Waals surface area contributed by atoms with E-state index in [1.165, 1.54) is 30.5 Å². The topological polar surface area (TPSA) is 49.4 Å². The highest BCUT2D eigenvalue weighted by molar-refractivity contribution is 5.69. The molecule has 1 fully saturated rings. The van der Waals surface area contributed by atoms with E-state index in [0.29, 0.717) is 5.92 Å². The summed E-state index contributed by atoms with van der Waals surface area (Å²) >= 11 is 0. The van der Waals surface area contributed by atoms with Gasteiger partial charge in [-0.05, 0) is 31.2 Å². The SMILES string of the molecule is CC1(C)C(Cc2ccc([N+](=O)[O-])cc2)C(N2CCCCC2)=CC=[N+]1Cc1ccccc1.[Br-]. The van der Waals surface area contributed by atoms with Crippen molar-refractivity contribution in [3.05, 3.63) is 87.6 Å². The van der Waals surface area contributed by atoms with Gasteiger partial charge in [-0.1, -0.05) is 42.5 Å². The van der Waals surface area contributed by atoms with Crippen LogP contribution in [-0.2, 0) is 13.0 Å². The number of nitro groups is 1. The third kappa shape index (κ3) is 5.29. The number of benzene rings is 2. The average Bonchev–Trinajstić information content (AvgIpc) is 2.78. The number of rotatable bonds is 6. The van der Waals surface area contributed by atoms with Crippen molar-refractivity contribution in [2.24, 2.45) is 5.92 Å². The first-order chi connectivity index (χ1) is 14.9. The van der Waals surface area contributed by atoms with E-state index in [0.717, 1.165) is 31.6 Å². The van der Waals surface area contributed by atoms with Crippen molar-refractivity contribution < 1.29 is 26.5 Å². The Bertz CT molecular complexity index is 978. The van der Waals surface area contributed by atoms with Crippen LogP contribution in [0.2, 0.25) is 0 Å². The molecule has 0 N–H and O–H groups in total.